The van der Waals surface area contributed by atoms with Crippen LogP contribution < -0.4 is 10.0 Å². The van der Waals surface area contributed by atoms with Gasteiger partial charge in [-0.05, 0) is 12.1 Å². The Morgan fingerprint density at radius 2 is 1.97 bits per heavy atom. The number of hydrogen-bond donors (Lipinski definition) is 6. The van der Waals surface area contributed by atoms with E-state index in [1.165, 1.54) is 0 Å². The number of aliphatic carboxylic acids is 1. The molecule has 1 aromatic rings. The van der Waals surface area contributed by atoms with Crippen LogP contribution in [0, 0.1) is 10.1 Å². The van der Waals surface area contributed by atoms with Crippen molar-refractivity contribution in [2.75, 3.05) is 6.61 Å². The van der Waals surface area contributed by atoms with E-state index in [2.05, 4.69) is 10.0 Å². The van der Waals surface area contributed by atoms with Crippen molar-refractivity contribution in [1.29, 1.82) is 0 Å². The minimum absolute atomic E-state index is 0.514. The summed E-state index contributed by atoms with van der Waals surface area (Å²) in [6.07, 6.45) is -4.59. The van der Waals surface area contributed by atoms with E-state index in [-0.39, 0.29) is 0 Å². The van der Waals surface area contributed by atoms with E-state index in [0.717, 1.165) is 37.3 Å². The fourth-order valence-corrected chi connectivity index (χ4v) is 4.23. The van der Waals surface area contributed by atoms with Crippen molar-refractivity contribution >= 4 is 27.6 Å². The first-order valence-electron chi connectivity index (χ1n) is 9.00. The first kappa shape index (κ1) is 25.2. The van der Waals surface area contributed by atoms with Gasteiger partial charge in [-0.1, -0.05) is 6.07 Å². The molecule has 5 atom stereocenters. The highest BCUT2D eigenvalue weighted by molar-refractivity contribution is 7.89. The normalized spacial score (nSPS) is 22.8. The number of hydrogen-bond acceptors (Lipinski definition) is 10. The Bertz CT molecular complexity index is 1030. The monoisotopic (exact) mass is 475 g/mol. The summed E-state index contributed by atoms with van der Waals surface area (Å²) < 4.78 is 32.9. The van der Waals surface area contributed by atoms with Gasteiger partial charge in [0.1, 0.15) is 18.3 Å². The van der Waals surface area contributed by atoms with Crippen molar-refractivity contribution < 1.29 is 48.1 Å². The number of rotatable bonds is 9. The van der Waals surface area contributed by atoms with Crippen molar-refractivity contribution in [3.8, 4) is 0 Å². The maximum absolute atomic E-state index is 12.8. The van der Waals surface area contributed by atoms with Gasteiger partial charge < -0.3 is 30.5 Å². The van der Waals surface area contributed by atoms with Crippen LogP contribution in [0.15, 0.2) is 41.0 Å². The molecule has 14 nitrogen and oxygen atoms in total. The van der Waals surface area contributed by atoms with Gasteiger partial charge >= 0.3 is 5.97 Å². The molecule has 1 heterocycles. The lowest BCUT2D eigenvalue weighted by Crippen LogP contribution is -2.63. The molecule has 2 rings (SSSR count). The van der Waals surface area contributed by atoms with E-state index in [4.69, 9.17) is 9.84 Å². The van der Waals surface area contributed by atoms with Gasteiger partial charge in [0.15, 0.2) is 0 Å². The van der Waals surface area contributed by atoms with E-state index >= 15 is 0 Å². The zero-order chi connectivity index (χ0) is 24.2. The average Bonchev–Trinajstić information content (AvgIpc) is 2.73. The molecule has 6 N–H and O–H groups in total. The van der Waals surface area contributed by atoms with Gasteiger partial charge in [0.2, 0.25) is 21.7 Å². The van der Waals surface area contributed by atoms with Gasteiger partial charge in [-0.2, -0.15) is 0 Å². The number of aliphatic hydroxyl groups excluding tert-OH is 3. The second-order valence-corrected chi connectivity index (χ2v) is 8.50. The first-order chi connectivity index (χ1) is 14.9. The standard InChI is InChI=1S/C17H21N3O11S/c1-8(22)18-14-11(6-13(17(25)26)31-16(14)15(24)12(23)7-21)19-32(29,30)10-4-2-3-9(5-10)20(27)28/h2-6,11-12,14-16,19,21,23-24H,7H2,1H3,(H,18,22)(H,25,26)/t11-,12+,14+,15+,16+/m0/s1. The number of benzene rings is 1. The number of carbonyl (C=O) groups is 2. The molecule has 0 radical (unpaired) electrons. The molecule has 0 aliphatic carbocycles. The molecule has 0 fully saturated rings. The summed E-state index contributed by atoms with van der Waals surface area (Å²) in [4.78, 5) is 32.8. The number of nitrogens with one attached hydrogen (secondary N) is 2. The molecule has 0 unspecified atom stereocenters. The molecule has 0 aromatic heterocycles. The van der Waals surface area contributed by atoms with Gasteiger partial charge in [-0.25, -0.2) is 17.9 Å². The van der Waals surface area contributed by atoms with Crippen LogP contribution in [-0.2, 0) is 24.3 Å². The Morgan fingerprint density at radius 3 is 2.50 bits per heavy atom. The van der Waals surface area contributed by atoms with Gasteiger partial charge in [0.05, 0.1) is 28.5 Å². The predicted octanol–water partition coefficient (Wildman–Crippen LogP) is -2.17. The lowest BCUT2D eigenvalue weighted by molar-refractivity contribution is -0.385. The quantitative estimate of drug-likeness (QED) is 0.166. The Kier molecular flexibility index (Phi) is 7.87. The Hall–Kier alpha value is -3.11. The second-order valence-electron chi connectivity index (χ2n) is 6.79. The summed E-state index contributed by atoms with van der Waals surface area (Å²) in [6.45, 7) is 0.123. The van der Waals surface area contributed by atoms with Gasteiger partial charge in [-0.15, -0.1) is 0 Å². The van der Waals surface area contributed by atoms with Crippen LogP contribution in [-0.4, -0.2) is 82.6 Å². The van der Waals surface area contributed by atoms with Crippen molar-refractivity contribution in [1.82, 2.24) is 10.0 Å². The molecule has 0 spiro atoms. The van der Waals surface area contributed by atoms with Crippen LogP contribution in [0.4, 0.5) is 5.69 Å². The highest BCUT2D eigenvalue weighted by Crippen LogP contribution is 2.25. The minimum atomic E-state index is -4.50. The fourth-order valence-electron chi connectivity index (χ4n) is 2.99. The Labute approximate surface area is 181 Å². The number of nitrogens with zero attached hydrogens (tertiary/aromatic N) is 1. The average molecular weight is 475 g/mol. The van der Waals surface area contributed by atoms with Crippen LogP contribution in [0.3, 0.4) is 0 Å². The highest BCUT2D eigenvalue weighted by atomic mass is 32.2. The molecule has 1 amide bonds. The Balaban J connectivity index is 2.51. The molecule has 32 heavy (non-hydrogen) atoms. The largest absolute Gasteiger partial charge is 0.478 e. The van der Waals surface area contributed by atoms with E-state index in [9.17, 15) is 43.4 Å². The smallest absolute Gasteiger partial charge is 0.370 e. The maximum Gasteiger partial charge on any atom is 0.370 e. The van der Waals surface area contributed by atoms with E-state index in [1.54, 1.807) is 0 Å². The summed E-state index contributed by atoms with van der Waals surface area (Å²) in [5.74, 6) is -3.14. The highest BCUT2D eigenvalue weighted by Gasteiger charge is 2.44. The van der Waals surface area contributed by atoms with E-state index < -0.39 is 80.2 Å². The lowest BCUT2D eigenvalue weighted by atomic mass is 9.92. The fraction of sp³-hybridized carbons (Fsp3) is 0.412. The third-order valence-electron chi connectivity index (χ3n) is 4.46. The molecular formula is C17H21N3O11S. The van der Waals surface area contributed by atoms with Crippen LogP contribution in [0.2, 0.25) is 0 Å². The number of nitro benzene ring substituents is 1. The number of nitro groups is 1. The molecule has 15 heteroatoms. The summed E-state index contributed by atoms with van der Waals surface area (Å²) in [5, 5.41) is 51.7. The van der Waals surface area contributed by atoms with Crippen LogP contribution >= 0.6 is 0 Å². The van der Waals surface area contributed by atoms with Crippen LogP contribution in [0.5, 0.6) is 0 Å². The molecule has 0 saturated carbocycles. The van der Waals surface area contributed by atoms with Gasteiger partial charge in [0.25, 0.3) is 5.69 Å². The summed E-state index contributed by atoms with van der Waals surface area (Å²) in [7, 11) is -4.50. The minimum Gasteiger partial charge on any atom is -0.478 e. The molecule has 176 valence electrons. The number of carbonyl (C=O) groups excluding carboxylic acids is 1. The first-order valence-corrected chi connectivity index (χ1v) is 10.5. The molecule has 1 aliphatic heterocycles. The molecule has 1 aromatic carbocycles. The molecular weight excluding hydrogens is 454 g/mol. The van der Waals surface area contributed by atoms with Gasteiger partial charge in [-0.3, -0.25) is 14.9 Å². The summed E-state index contributed by atoms with van der Waals surface area (Å²) in [5.41, 5.74) is -0.514. The maximum atomic E-state index is 12.8. The number of ether oxygens (including phenoxy) is 1. The third kappa shape index (κ3) is 5.77. The SMILES string of the molecule is CC(=O)N[C@H]1[C@H]([C@H](O)[C@H](O)CO)OC(C(=O)O)=C[C@@H]1NS(=O)(=O)c1cccc([N+](=O)[O-])c1. The number of amides is 1. The molecule has 0 saturated heterocycles. The Morgan fingerprint density at radius 1 is 1.31 bits per heavy atom. The van der Waals surface area contributed by atoms with Crippen molar-refractivity contribution in [3.05, 3.63) is 46.2 Å². The number of carboxylic acids is 1. The molecule has 0 bridgehead atoms. The molecule has 1 aliphatic rings. The lowest BCUT2D eigenvalue weighted by Gasteiger charge is -2.39. The second kappa shape index (κ2) is 10.0. The van der Waals surface area contributed by atoms with Crippen molar-refractivity contribution in [2.24, 2.45) is 0 Å². The number of non-ortho nitro benzene ring substituents is 1. The predicted molar refractivity (Wildman–Crippen MR) is 105 cm³/mol. The van der Waals surface area contributed by atoms with E-state index in [1.807, 2.05) is 0 Å². The van der Waals surface area contributed by atoms with Crippen molar-refractivity contribution in [3.63, 3.8) is 0 Å². The summed E-state index contributed by atoms with van der Waals surface area (Å²) in [6, 6.07) is 1.09. The number of carboxylic acid groups (broad SMARTS) is 1. The van der Waals surface area contributed by atoms with Crippen molar-refractivity contribution in [2.45, 2.75) is 42.2 Å². The third-order valence-corrected chi connectivity index (χ3v) is 5.92. The number of aliphatic hydroxyl groups is 3. The van der Waals surface area contributed by atoms with Crippen LogP contribution in [0.1, 0.15) is 6.92 Å². The zero-order valence-corrected chi connectivity index (χ0v) is 17.3. The van der Waals surface area contributed by atoms with E-state index in [0.29, 0.717) is 0 Å². The summed E-state index contributed by atoms with van der Waals surface area (Å²) >= 11 is 0. The van der Waals surface area contributed by atoms with Crippen LogP contribution in [0.25, 0.3) is 0 Å². The zero-order valence-electron chi connectivity index (χ0n) is 16.5. The topological polar surface area (TPSA) is 226 Å². The number of sulfonamides is 1. The van der Waals surface area contributed by atoms with Gasteiger partial charge in [0, 0.05) is 19.1 Å².